The lowest BCUT2D eigenvalue weighted by Crippen LogP contribution is -2.61. The maximum absolute atomic E-state index is 13.0. The van der Waals surface area contributed by atoms with E-state index in [1.807, 2.05) is 0 Å². The number of ether oxygens (including phenoxy) is 6. The molecule has 2 saturated heterocycles. The van der Waals surface area contributed by atoms with Crippen LogP contribution >= 0.6 is 0 Å². The van der Waals surface area contributed by atoms with E-state index in [-0.39, 0.29) is 26.1 Å². The summed E-state index contributed by atoms with van der Waals surface area (Å²) < 4.78 is 33.5. The Labute approximate surface area is 390 Å². The summed E-state index contributed by atoms with van der Waals surface area (Å²) in [6.07, 6.45) is 20.6. The summed E-state index contributed by atoms with van der Waals surface area (Å²) in [6.45, 7) is 2.56. The molecule has 0 aromatic carbocycles. The van der Waals surface area contributed by atoms with Gasteiger partial charge >= 0.3 is 11.9 Å². The van der Waals surface area contributed by atoms with Crippen LogP contribution in [-0.2, 0) is 38.0 Å². The van der Waals surface area contributed by atoms with Crippen molar-refractivity contribution in [2.45, 2.75) is 255 Å². The van der Waals surface area contributed by atoms with Crippen molar-refractivity contribution in [3.8, 4) is 0 Å². The highest BCUT2D eigenvalue weighted by Crippen LogP contribution is 2.26. The van der Waals surface area contributed by atoms with Gasteiger partial charge in [0, 0.05) is 12.8 Å². The molecule has 15 nitrogen and oxygen atoms in total. The summed E-state index contributed by atoms with van der Waals surface area (Å²) >= 11 is 0. The first-order valence-electron chi connectivity index (χ1n) is 25.4. The fourth-order valence-corrected chi connectivity index (χ4v) is 7.95. The highest BCUT2D eigenvalue weighted by molar-refractivity contribution is 5.70. The molecule has 7 N–H and O–H groups in total. The van der Waals surface area contributed by atoms with E-state index in [1.165, 1.54) is 83.5 Å². The zero-order chi connectivity index (χ0) is 47.5. The zero-order valence-corrected chi connectivity index (χ0v) is 40.0. The summed E-state index contributed by atoms with van der Waals surface area (Å²) in [5.41, 5.74) is 0. The van der Waals surface area contributed by atoms with Gasteiger partial charge in [-0.2, -0.15) is 0 Å². The molecule has 65 heavy (non-hydrogen) atoms. The number of hydrogen-bond acceptors (Lipinski definition) is 15. The second kappa shape index (κ2) is 37.9. The van der Waals surface area contributed by atoms with E-state index >= 15 is 0 Å². The van der Waals surface area contributed by atoms with Crippen LogP contribution in [0.25, 0.3) is 0 Å². The molecule has 2 fully saturated rings. The molecule has 0 spiro atoms. The molecule has 15 heteroatoms. The Morgan fingerprint density at radius 3 is 1.46 bits per heavy atom. The average Bonchev–Trinajstić information content (AvgIpc) is 3.30. The quantitative estimate of drug-likeness (QED) is 0.0192. The van der Waals surface area contributed by atoms with Gasteiger partial charge in [-0.25, -0.2) is 0 Å². The van der Waals surface area contributed by atoms with Gasteiger partial charge in [0.15, 0.2) is 18.7 Å². The van der Waals surface area contributed by atoms with Crippen LogP contribution in [0.2, 0.25) is 0 Å². The molecule has 2 aliphatic heterocycles. The van der Waals surface area contributed by atoms with Crippen LogP contribution in [0, 0.1) is 0 Å². The molecule has 0 radical (unpaired) electrons. The molecular formula is C50H90O15. The summed E-state index contributed by atoms with van der Waals surface area (Å²) in [5.74, 6) is -0.935. The number of hydrogen-bond donors (Lipinski definition) is 7. The number of rotatable bonds is 39. The van der Waals surface area contributed by atoms with E-state index in [0.717, 1.165) is 64.2 Å². The van der Waals surface area contributed by atoms with Crippen LogP contribution in [0.15, 0.2) is 24.3 Å². The Hall–Kier alpha value is -2.02. The summed E-state index contributed by atoms with van der Waals surface area (Å²) in [4.78, 5) is 25.7. The van der Waals surface area contributed by atoms with Crippen LogP contribution < -0.4 is 0 Å². The lowest BCUT2D eigenvalue weighted by atomic mass is 9.98. The predicted octanol–water partition coefficient (Wildman–Crippen LogP) is 6.77. The van der Waals surface area contributed by atoms with E-state index in [2.05, 4.69) is 38.2 Å². The molecule has 2 heterocycles. The van der Waals surface area contributed by atoms with Gasteiger partial charge in [0.25, 0.3) is 0 Å². The monoisotopic (exact) mass is 931 g/mol. The molecule has 0 aromatic heterocycles. The molecule has 0 amide bonds. The lowest BCUT2D eigenvalue weighted by Gasteiger charge is -2.42. The molecule has 0 saturated carbocycles. The molecular weight excluding hydrogens is 841 g/mol. The van der Waals surface area contributed by atoms with Crippen LogP contribution in [0.5, 0.6) is 0 Å². The van der Waals surface area contributed by atoms with Gasteiger partial charge in [0.1, 0.15) is 55.4 Å². The highest BCUT2D eigenvalue weighted by Gasteiger charge is 2.47. The van der Waals surface area contributed by atoms with Crippen molar-refractivity contribution in [2.24, 2.45) is 0 Å². The van der Waals surface area contributed by atoms with Crippen LogP contribution in [0.3, 0.4) is 0 Å². The molecule has 380 valence electrons. The van der Waals surface area contributed by atoms with E-state index in [9.17, 15) is 45.3 Å². The van der Waals surface area contributed by atoms with Gasteiger partial charge in [-0.15, -0.1) is 0 Å². The Morgan fingerprint density at radius 1 is 0.492 bits per heavy atom. The lowest BCUT2D eigenvalue weighted by molar-refractivity contribution is -0.332. The number of unbranched alkanes of at least 4 members (excludes halogenated alkanes) is 21. The third-order valence-corrected chi connectivity index (χ3v) is 12.2. The first-order chi connectivity index (χ1) is 31.5. The van der Waals surface area contributed by atoms with Crippen molar-refractivity contribution >= 4 is 11.9 Å². The smallest absolute Gasteiger partial charge is 0.306 e. The van der Waals surface area contributed by atoms with Gasteiger partial charge in [-0.05, 0) is 44.9 Å². The third-order valence-electron chi connectivity index (χ3n) is 12.2. The average molecular weight is 931 g/mol. The van der Waals surface area contributed by atoms with Gasteiger partial charge < -0.3 is 64.2 Å². The zero-order valence-electron chi connectivity index (χ0n) is 40.0. The standard InChI is InChI=1S/C50H90O15/c1-3-5-7-9-11-13-15-17-19-21-22-24-26-28-30-32-41(52)60-35-38(63-42(53)33-31-29-27-25-23-20-18-16-14-12-10-8-6-4-2)36-61-49-48(59)46(57)44(55)40(65-49)37-62-50-47(58)45(56)43(54)39(34-51)64-50/h11,13,17,19,38-40,43-51,54-59H,3-10,12,14-16,18,20-37H2,1-2H3/b13-11+,19-17+/t38-,39-,40-,43+,44+,45?,46?,47?,48?,49-,50-/m1/s1. The minimum atomic E-state index is -1.76. The predicted molar refractivity (Wildman–Crippen MR) is 247 cm³/mol. The van der Waals surface area contributed by atoms with Crippen molar-refractivity contribution < 1.29 is 73.8 Å². The fraction of sp³-hybridized carbons (Fsp3) is 0.880. The van der Waals surface area contributed by atoms with Gasteiger partial charge in [-0.3, -0.25) is 9.59 Å². The van der Waals surface area contributed by atoms with Crippen molar-refractivity contribution in [2.75, 3.05) is 26.4 Å². The normalized spacial score (nSPS) is 26.5. The molecule has 4 unspecified atom stereocenters. The number of carbonyl (C=O) groups is 2. The SMILES string of the molecule is CCCCC/C=C/C/C=C/CCCCCCCC(=O)OC[C@H](CO[C@@H]1O[C@H](CO[C@@H]2O[C@H](CO)[C@H](O)C(O)C2O)[C@H](O)C(O)C1O)OC(=O)CCCCCCCCCCCCCCCC. The van der Waals surface area contributed by atoms with Gasteiger partial charge in [0.2, 0.25) is 0 Å². The number of esters is 2. The molecule has 0 aromatic rings. The molecule has 2 rings (SSSR count). The summed E-state index contributed by atoms with van der Waals surface area (Å²) in [7, 11) is 0. The van der Waals surface area contributed by atoms with Gasteiger partial charge in [0.05, 0.1) is 19.8 Å². The Balaban J connectivity index is 1.82. The summed E-state index contributed by atoms with van der Waals surface area (Å²) in [6, 6.07) is 0. The second-order valence-corrected chi connectivity index (χ2v) is 18.0. The Kier molecular flexibility index (Phi) is 34.5. The van der Waals surface area contributed by atoms with Crippen molar-refractivity contribution in [1.82, 2.24) is 0 Å². The van der Waals surface area contributed by atoms with E-state index in [1.54, 1.807) is 0 Å². The fourth-order valence-electron chi connectivity index (χ4n) is 7.95. The first-order valence-corrected chi connectivity index (χ1v) is 25.4. The first kappa shape index (κ1) is 59.1. The van der Waals surface area contributed by atoms with E-state index in [4.69, 9.17) is 28.4 Å². The maximum Gasteiger partial charge on any atom is 0.306 e. The van der Waals surface area contributed by atoms with Crippen molar-refractivity contribution in [1.29, 1.82) is 0 Å². The number of aliphatic hydroxyl groups excluding tert-OH is 7. The third kappa shape index (κ3) is 26.4. The molecule has 0 bridgehead atoms. The molecule has 0 aliphatic carbocycles. The van der Waals surface area contributed by atoms with Crippen LogP contribution in [-0.4, -0.2) is 142 Å². The minimum absolute atomic E-state index is 0.166. The number of aliphatic hydroxyl groups is 7. The van der Waals surface area contributed by atoms with Crippen LogP contribution in [0.4, 0.5) is 0 Å². The van der Waals surface area contributed by atoms with Crippen molar-refractivity contribution in [3.63, 3.8) is 0 Å². The number of allylic oxidation sites excluding steroid dienone is 4. The van der Waals surface area contributed by atoms with E-state index < -0.39 is 92.7 Å². The second-order valence-electron chi connectivity index (χ2n) is 18.0. The van der Waals surface area contributed by atoms with E-state index in [0.29, 0.717) is 12.8 Å². The van der Waals surface area contributed by atoms with Crippen molar-refractivity contribution in [3.05, 3.63) is 24.3 Å². The molecule has 2 aliphatic rings. The highest BCUT2D eigenvalue weighted by atomic mass is 16.7. The maximum atomic E-state index is 13.0. The Morgan fingerprint density at radius 2 is 0.923 bits per heavy atom. The van der Waals surface area contributed by atoms with Crippen LogP contribution in [0.1, 0.15) is 187 Å². The summed E-state index contributed by atoms with van der Waals surface area (Å²) in [5, 5.41) is 72.0. The topological polar surface area (TPSA) is 231 Å². The minimum Gasteiger partial charge on any atom is -0.462 e. The number of carbonyl (C=O) groups excluding carboxylic acids is 2. The Bertz CT molecular complexity index is 1230. The largest absolute Gasteiger partial charge is 0.462 e. The van der Waals surface area contributed by atoms with Gasteiger partial charge in [-0.1, -0.05) is 154 Å². The molecule has 11 atom stereocenters.